The summed E-state index contributed by atoms with van der Waals surface area (Å²) < 4.78 is 27.3. The number of ether oxygens (including phenoxy) is 4. The molecule has 0 saturated carbocycles. The van der Waals surface area contributed by atoms with Gasteiger partial charge < -0.3 is 39.4 Å². The molecular weight excluding hydrogens is 510 g/mol. The quantitative estimate of drug-likeness (QED) is 0.240. The van der Waals surface area contributed by atoms with Crippen LogP contribution in [0.3, 0.4) is 0 Å². The van der Waals surface area contributed by atoms with E-state index in [1.807, 2.05) is 27.7 Å². The van der Waals surface area contributed by atoms with Crippen LogP contribution in [0.2, 0.25) is 0 Å². The number of urea groups is 1. The fourth-order valence-corrected chi connectivity index (χ4v) is 2.80. The van der Waals surface area contributed by atoms with Crippen LogP contribution in [0.15, 0.2) is 4.52 Å². The smallest absolute Gasteiger partial charge is 0.408 e. The lowest BCUT2D eigenvalue weighted by Crippen LogP contribution is -2.51. The maximum absolute atomic E-state index is 12.6. The van der Waals surface area contributed by atoms with Gasteiger partial charge in [0.2, 0.25) is 5.89 Å². The van der Waals surface area contributed by atoms with Crippen molar-refractivity contribution in [1.29, 1.82) is 0 Å². The molecule has 0 spiro atoms. The van der Waals surface area contributed by atoms with Crippen molar-refractivity contribution in [3.8, 4) is 0 Å². The second kappa shape index (κ2) is 15.0. The topological polar surface area (TPSA) is 163 Å². The molecule has 1 aromatic heterocycles. The van der Waals surface area contributed by atoms with Crippen molar-refractivity contribution in [2.75, 3.05) is 19.8 Å². The first kappa shape index (κ1) is 34.1. The zero-order valence-corrected chi connectivity index (χ0v) is 25.1. The first-order valence-electron chi connectivity index (χ1n) is 13.2. The summed E-state index contributed by atoms with van der Waals surface area (Å²) in [6.45, 7) is 18.4. The SMILES string of the molecule is CCCCOCC(NC(=O)OC(C)(C)C)c1noc(CNC(=O)N[C@@H](COC(C)(C)C)C(=O)OC(C)(C)C)n1. The number of nitrogens with zero attached hydrogens (tertiary/aromatic N) is 2. The first-order valence-corrected chi connectivity index (χ1v) is 13.2. The molecule has 1 aromatic rings. The molecule has 0 saturated heterocycles. The van der Waals surface area contributed by atoms with Crippen molar-refractivity contribution >= 4 is 18.1 Å². The molecule has 0 radical (unpaired) electrons. The highest BCUT2D eigenvalue weighted by Crippen LogP contribution is 2.14. The molecule has 2 atom stereocenters. The molecule has 0 aliphatic heterocycles. The zero-order valence-electron chi connectivity index (χ0n) is 25.1. The van der Waals surface area contributed by atoms with Crippen molar-refractivity contribution in [1.82, 2.24) is 26.1 Å². The standard InChI is InChI=1S/C26H47N5O8/c1-11-12-13-35-15-17(29-23(34)38-26(8,9)10)20-30-19(39-31-20)14-27-22(33)28-18(16-36-24(2,3)4)21(32)37-25(5,6)7/h17-18H,11-16H2,1-10H3,(H,29,34)(H2,27,28,33)/t17?,18-/m0/s1. The molecule has 224 valence electrons. The van der Waals surface area contributed by atoms with Crippen molar-refractivity contribution in [3.05, 3.63) is 11.7 Å². The van der Waals surface area contributed by atoms with Gasteiger partial charge >= 0.3 is 18.1 Å². The van der Waals surface area contributed by atoms with E-state index in [4.69, 9.17) is 23.5 Å². The predicted molar refractivity (Wildman–Crippen MR) is 143 cm³/mol. The minimum absolute atomic E-state index is 0.0768. The predicted octanol–water partition coefficient (Wildman–Crippen LogP) is 3.78. The molecule has 3 amide bonds. The van der Waals surface area contributed by atoms with Gasteiger partial charge in [-0.1, -0.05) is 18.5 Å². The van der Waals surface area contributed by atoms with Gasteiger partial charge in [0.25, 0.3) is 0 Å². The van der Waals surface area contributed by atoms with Crippen LogP contribution >= 0.6 is 0 Å². The van der Waals surface area contributed by atoms with Gasteiger partial charge in [-0.15, -0.1) is 0 Å². The van der Waals surface area contributed by atoms with Crippen molar-refractivity contribution in [2.24, 2.45) is 0 Å². The number of esters is 1. The van der Waals surface area contributed by atoms with E-state index in [9.17, 15) is 14.4 Å². The molecule has 13 nitrogen and oxygen atoms in total. The number of rotatable bonds is 13. The molecular formula is C26H47N5O8. The molecule has 0 fully saturated rings. The third-order valence-corrected chi connectivity index (χ3v) is 4.49. The van der Waals surface area contributed by atoms with Crippen LogP contribution in [0.4, 0.5) is 9.59 Å². The van der Waals surface area contributed by atoms with E-state index in [1.165, 1.54) is 0 Å². The van der Waals surface area contributed by atoms with E-state index in [-0.39, 0.29) is 31.5 Å². The largest absolute Gasteiger partial charge is 0.458 e. The lowest BCUT2D eigenvalue weighted by molar-refractivity contribution is -0.160. The van der Waals surface area contributed by atoms with Gasteiger partial charge in [-0.25, -0.2) is 14.4 Å². The van der Waals surface area contributed by atoms with Gasteiger partial charge in [0.1, 0.15) is 17.2 Å². The molecule has 39 heavy (non-hydrogen) atoms. The lowest BCUT2D eigenvalue weighted by Gasteiger charge is -2.27. The molecule has 0 aliphatic rings. The Morgan fingerprint density at radius 3 is 2.10 bits per heavy atom. The highest BCUT2D eigenvalue weighted by atomic mass is 16.6. The van der Waals surface area contributed by atoms with Gasteiger partial charge in [0.05, 0.1) is 25.4 Å². The van der Waals surface area contributed by atoms with E-state index < -0.39 is 47.0 Å². The summed E-state index contributed by atoms with van der Waals surface area (Å²) in [5.41, 5.74) is -1.95. The van der Waals surface area contributed by atoms with Gasteiger partial charge in [-0.2, -0.15) is 4.98 Å². The number of carbonyl (C=O) groups excluding carboxylic acids is 3. The highest BCUT2D eigenvalue weighted by Gasteiger charge is 2.29. The monoisotopic (exact) mass is 557 g/mol. The maximum Gasteiger partial charge on any atom is 0.408 e. The maximum atomic E-state index is 12.6. The molecule has 1 heterocycles. The van der Waals surface area contributed by atoms with E-state index >= 15 is 0 Å². The van der Waals surface area contributed by atoms with Crippen LogP contribution in [0.25, 0.3) is 0 Å². The third-order valence-electron chi connectivity index (χ3n) is 4.49. The second-order valence-electron chi connectivity index (χ2n) is 12.0. The summed E-state index contributed by atoms with van der Waals surface area (Å²) in [5.74, 6) is -0.370. The summed E-state index contributed by atoms with van der Waals surface area (Å²) >= 11 is 0. The number of alkyl carbamates (subject to hydrolysis) is 1. The second-order valence-corrected chi connectivity index (χ2v) is 12.0. The Morgan fingerprint density at radius 2 is 1.54 bits per heavy atom. The van der Waals surface area contributed by atoms with E-state index in [1.54, 1.807) is 41.5 Å². The van der Waals surface area contributed by atoms with E-state index in [0.29, 0.717) is 6.61 Å². The molecule has 3 N–H and O–H groups in total. The Labute approximate surface area is 231 Å². The van der Waals surface area contributed by atoms with Crippen molar-refractivity contribution in [3.63, 3.8) is 0 Å². The number of amides is 3. The van der Waals surface area contributed by atoms with Gasteiger partial charge in [-0.3, -0.25) is 0 Å². The summed E-state index contributed by atoms with van der Waals surface area (Å²) in [4.78, 5) is 41.8. The average Bonchev–Trinajstić information content (AvgIpc) is 3.23. The molecule has 0 aliphatic carbocycles. The van der Waals surface area contributed by atoms with Crippen LogP contribution < -0.4 is 16.0 Å². The van der Waals surface area contributed by atoms with Crippen LogP contribution in [-0.2, 0) is 30.3 Å². The number of hydrogen-bond acceptors (Lipinski definition) is 10. The van der Waals surface area contributed by atoms with Crippen molar-refractivity contribution < 1.29 is 37.9 Å². The Balaban J connectivity index is 2.83. The first-order chi connectivity index (χ1) is 17.9. The molecule has 13 heteroatoms. The number of aromatic nitrogens is 2. The van der Waals surface area contributed by atoms with E-state index in [0.717, 1.165) is 12.8 Å². The number of hydrogen-bond donors (Lipinski definition) is 3. The fraction of sp³-hybridized carbons (Fsp3) is 0.808. The molecule has 1 unspecified atom stereocenters. The van der Waals surface area contributed by atoms with E-state index in [2.05, 4.69) is 26.1 Å². The fourth-order valence-electron chi connectivity index (χ4n) is 2.80. The highest BCUT2D eigenvalue weighted by molar-refractivity contribution is 5.83. The Hall–Kier alpha value is -2.93. The van der Waals surface area contributed by atoms with Gasteiger partial charge in [-0.05, 0) is 68.7 Å². The molecule has 0 bridgehead atoms. The normalized spacial score (nSPS) is 13.8. The number of unbranched alkanes of at least 4 members (excludes halogenated alkanes) is 1. The number of carbonyl (C=O) groups is 3. The zero-order chi connectivity index (χ0) is 29.9. The molecule has 1 rings (SSSR count). The van der Waals surface area contributed by atoms with Crippen LogP contribution in [0.5, 0.6) is 0 Å². The van der Waals surface area contributed by atoms with Crippen LogP contribution in [0, 0.1) is 0 Å². The summed E-state index contributed by atoms with van der Waals surface area (Å²) in [6.07, 6.45) is 1.17. The minimum atomic E-state index is -1.04. The Morgan fingerprint density at radius 1 is 0.897 bits per heavy atom. The number of nitrogens with one attached hydrogen (secondary N) is 3. The third kappa shape index (κ3) is 15.9. The van der Waals surface area contributed by atoms with Crippen LogP contribution in [-0.4, -0.2) is 70.9 Å². The van der Waals surface area contributed by atoms with Gasteiger partial charge in [0.15, 0.2) is 11.9 Å². The lowest BCUT2D eigenvalue weighted by atomic mass is 10.1. The Bertz CT molecular complexity index is 915. The van der Waals surface area contributed by atoms with Crippen LogP contribution in [0.1, 0.15) is 99.8 Å². The molecule has 0 aromatic carbocycles. The minimum Gasteiger partial charge on any atom is -0.458 e. The average molecular weight is 558 g/mol. The Kier molecular flexibility index (Phi) is 13.1. The van der Waals surface area contributed by atoms with Crippen molar-refractivity contribution in [2.45, 2.75) is 118 Å². The summed E-state index contributed by atoms with van der Waals surface area (Å²) in [5, 5.41) is 11.8. The summed E-state index contributed by atoms with van der Waals surface area (Å²) in [7, 11) is 0. The van der Waals surface area contributed by atoms with Gasteiger partial charge in [0, 0.05) is 6.61 Å². The summed E-state index contributed by atoms with van der Waals surface area (Å²) in [6, 6.07) is -2.42.